The molecule has 0 N–H and O–H groups in total. The molecule has 0 atom stereocenters. The molecule has 0 heterocycles. The van der Waals surface area contributed by atoms with E-state index in [2.05, 4.69) is 126 Å². The monoisotopic (exact) mass is 386 g/mol. The van der Waals surface area contributed by atoms with Gasteiger partial charge in [-0.2, -0.15) is 0 Å². The smallest absolute Gasteiger partial charge is 0.00109 e. The summed E-state index contributed by atoms with van der Waals surface area (Å²) in [6.45, 7) is 14.8. The Morgan fingerprint density at radius 1 is 1.07 bits per heavy atom. The molecule has 0 saturated carbocycles. The molecular weight excluding hydrogens is 348 g/mol. The molecule has 0 bridgehead atoms. The Hall–Kier alpha value is -2.60. The highest BCUT2D eigenvalue weighted by molar-refractivity contribution is 5.61. The molecule has 0 aliphatic heterocycles. The molecule has 0 aromatic rings. The van der Waals surface area contributed by atoms with Crippen LogP contribution < -0.4 is 0 Å². The van der Waals surface area contributed by atoms with Crippen LogP contribution in [-0.4, -0.2) is 0 Å². The average molecular weight is 387 g/mol. The van der Waals surface area contributed by atoms with Crippen molar-refractivity contribution in [1.82, 2.24) is 0 Å². The molecular formula is C29H38. The number of allylic oxidation sites excluding steroid dienone is 19. The summed E-state index contributed by atoms with van der Waals surface area (Å²) >= 11 is 0. The van der Waals surface area contributed by atoms with Crippen molar-refractivity contribution < 1.29 is 0 Å². The molecule has 1 aliphatic rings. The van der Waals surface area contributed by atoms with Crippen molar-refractivity contribution in [3.63, 3.8) is 0 Å². The minimum Gasteiger partial charge on any atom is -0.0990 e. The van der Waals surface area contributed by atoms with E-state index in [1.54, 1.807) is 0 Å². The summed E-state index contributed by atoms with van der Waals surface area (Å²) in [4.78, 5) is 0. The van der Waals surface area contributed by atoms with Gasteiger partial charge in [-0.05, 0) is 48.1 Å². The Morgan fingerprint density at radius 2 is 1.86 bits per heavy atom. The van der Waals surface area contributed by atoms with E-state index >= 15 is 0 Å². The van der Waals surface area contributed by atoms with Gasteiger partial charge in [0.2, 0.25) is 0 Å². The van der Waals surface area contributed by atoms with Crippen LogP contribution in [0, 0.1) is 5.41 Å². The average Bonchev–Trinajstić information content (AvgIpc) is 2.86. The van der Waals surface area contributed by atoms with Gasteiger partial charge in [0.05, 0.1) is 0 Å². The molecule has 0 saturated heterocycles. The van der Waals surface area contributed by atoms with Crippen molar-refractivity contribution >= 4 is 0 Å². The lowest BCUT2D eigenvalue weighted by Crippen LogP contribution is -2.01. The highest BCUT2D eigenvalue weighted by Crippen LogP contribution is 2.30. The van der Waals surface area contributed by atoms with Crippen LogP contribution in [0.2, 0.25) is 0 Å². The zero-order valence-electron chi connectivity index (χ0n) is 19.0. The molecule has 0 radical (unpaired) electrons. The Kier molecular flexibility index (Phi) is 11.4. The SMILES string of the molecule is C=C\C=C(/C=C\CCC)C(=C/C(/C=C\C)=C/C=C\CC)\C1=CC=CC(C)(C)C=C1. The lowest BCUT2D eigenvalue weighted by Gasteiger charge is -2.14. The Labute approximate surface area is 179 Å². The summed E-state index contributed by atoms with van der Waals surface area (Å²) in [5.74, 6) is 0. The van der Waals surface area contributed by atoms with Crippen LogP contribution in [0.4, 0.5) is 0 Å². The van der Waals surface area contributed by atoms with Crippen LogP contribution in [0.25, 0.3) is 0 Å². The lowest BCUT2D eigenvalue weighted by atomic mass is 9.91. The molecule has 29 heavy (non-hydrogen) atoms. The third kappa shape index (κ3) is 9.43. The van der Waals surface area contributed by atoms with Gasteiger partial charge in [0.25, 0.3) is 0 Å². The third-order valence-electron chi connectivity index (χ3n) is 4.50. The van der Waals surface area contributed by atoms with Crippen molar-refractivity contribution in [2.45, 2.75) is 53.9 Å². The molecule has 0 nitrogen and oxygen atoms in total. The maximum absolute atomic E-state index is 3.95. The quantitative estimate of drug-likeness (QED) is 0.329. The van der Waals surface area contributed by atoms with E-state index in [1.165, 1.54) is 22.3 Å². The fraction of sp³-hybridized carbons (Fsp3) is 0.310. The van der Waals surface area contributed by atoms with Crippen molar-refractivity contribution in [3.8, 4) is 0 Å². The van der Waals surface area contributed by atoms with Crippen LogP contribution in [-0.2, 0) is 0 Å². The summed E-state index contributed by atoms with van der Waals surface area (Å²) in [5.41, 5.74) is 4.80. The minimum absolute atomic E-state index is 0.0512. The van der Waals surface area contributed by atoms with E-state index in [0.29, 0.717) is 0 Å². The molecule has 0 spiro atoms. The van der Waals surface area contributed by atoms with Crippen LogP contribution in [0.1, 0.15) is 53.9 Å². The predicted octanol–water partition coefficient (Wildman–Crippen LogP) is 8.93. The normalized spacial score (nSPS) is 18.1. The maximum Gasteiger partial charge on any atom is 0.00109 e. The van der Waals surface area contributed by atoms with Gasteiger partial charge >= 0.3 is 0 Å². The van der Waals surface area contributed by atoms with Gasteiger partial charge in [-0.25, -0.2) is 0 Å². The fourth-order valence-corrected chi connectivity index (χ4v) is 2.89. The summed E-state index contributed by atoms with van der Waals surface area (Å²) < 4.78 is 0. The summed E-state index contributed by atoms with van der Waals surface area (Å²) in [6, 6.07) is 0. The third-order valence-corrected chi connectivity index (χ3v) is 4.50. The van der Waals surface area contributed by atoms with Crippen molar-refractivity contribution in [3.05, 3.63) is 120 Å². The molecule has 0 unspecified atom stereocenters. The number of hydrogen-bond donors (Lipinski definition) is 0. The van der Waals surface area contributed by atoms with E-state index in [1.807, 2.05) is 6.08 Å². The van der Waals surface area contributed by atoms with Crippen molar-refractivity contribution in [2.75, 3.05) is 0 Å². The first-order chi connectivity index (χ1) is 14.0. The standard InChI is InChI=1S/C29H38/c1-7-11-13-18-25(16-9-3)24-28(26(17-10-4)19-14-12-8-2)27-20-15-22-29(5,6)23-21-27/h9-11,13-24H,4,7-8,12H2,1-3,5-6H3/b13-11-,16-9-,19-14-,25-18+,26-17+,28-24+. The van der Waals surface area contributed by atoms with E-state index in [0.717, 1.165) is 19.3 Å². The molecule has 0 heteroatoms. The molecule has 1 aliphatic carbocycles. The Balaban J connectivity index is 3.59. The zero-order chi connectivity index (χ0) is 21.5. The first-order valence-corrected chi connectivity index (χ1v) is 10.8. The van der Waals surface area contributed by atoms with Gasteiger partial charge in [0.1, 0.15) is 0 Å². The summed E-state index contributed by atoms with van der Waals surface area (Å²) in [5, 5.41) is 0. The molecule has 0 amide bonds. The molecule has 0 fully saturated rings. The van der Waals surface area contributed by atoms with Gasteiger partial charge in [-0.3, -0.25) is 0 Å². The largest absolute Gasteiger partial charge is 0.0990 e. The van der Waals surface area contributed by atoms with Gasteiger partial charge < -0.3 is 0 Å². The maximum atomic E-state index is 3.95. The zero-order valence-corrected chi connectivity index (χ0v) is 19.0. The predicted molar refractivity (Wildman–Crippen MR) is 133 cm³/mol. The summed E-state index contributed by atoms with van der Waals surface area (Å²) in [6.07, 6.45) is 35.8. The fourth-order valence-electron chi connectivity index (χ4n) is 2.89. The molecule has 0 aromatic carbocycles. The van der Waals surface area contributed by atoms with Gasteiger partial charge in [-0.1, -0.05) is 126 Å². The van der Waals surface area contributed by atoms with Crippen molar-refractivity contribution in [2.24, 2.45) is 5.41 Å². The second-order valence-electron chi connectivity index (χ2n) is 7.75. The van der Waals surface area contributed by atoms with Crippen LogP contribution in [0.3, 0.4) is 0 Å². The second-order valence-corrected chi connectivity index (χ2v) is 7.75. The van der Waals surface area contributed by atoms with Crippen LogP contribution in [0.5, 0.6) is 0 Å². The highest BCUT2D eigenvalue weighted by atomic mass is 14.2. The number of hydrogen-bond acceptors (Lipinski definition) is 0. The van der Waals surface area contributed by atoms with Crippen molar-refractivity contribution in [1.29, 1.82) is 0 Å². The van der Waals surface area contributed by atoms with Crippen LogP contribution >= 0.6 is 0 Å². The van der Waals surface area contributed by atoms with Gasteiger partial charge in [0, 0.05) is 5.41 Å². The number of rotatable bonds is 10. The topological polar surface area (TPSA) is 0 Å². The van der Waals surface area contributed by atoms with E-state index in [-0.39, 0.29) is 5.41 Å². The number of unbranched alkanes of at least 4 members (excludes halogenated alkanes) is 1. The van der Waals surface area contributed by atoms with E-state index in [4.69, 9.17) is 0 Å². The second kappa shape index (κ2) is 13.6. The summed E-state index contributed by atoms with van der Waals surface area (Å²) in [7, 11) is 0. The van der Waals surface area contributed by atoms with E-state index in [9.17, 15) is 0 Å². The van der Waals surface area contributed by atoms with Gasteiger partial charge in [-0.15, -0.1) is 0 Å². The van der Waals surface area contributed by atoms with Crippen LogP contribution in [0.15, 0.2) is 120 Å². The van der Waals surface area contributed by atoms with E-state index < -0.39 is 0 Å². The molecule has 154 valence electrons. The first kappa shape index (κ1) is 24.4. The Bertz CT molecular complexity index is 793. The minimum atomic E-state index is 0.0512. The molecule has 0 aromatic heterocycles. The Morgan fingerprint density at radius 3 is 2.52 bits per heavy atom. The van der Waals surface area contributed by atoms with Gasteiger partial charge in [0.15, 0.2) is 0 Å². The first-order valence-electron chi connectivity index (χ1n) is 10.8. The highest BCUT2D eigenvalue weighted by Gasteiger charge is 2.13. The lowest BCUT2D eigenvalue weighted by molar-refractivity contribution is 0.627. The molecule has 1 rings (SSSR count).